The van der Waals surface area contributed by atoms with Crippen LogP contribution in [0.15, 0.2) is 23.2 Å². The van der Waals surface area contributed by atoms with E-state index in [9.17, 15) is 15.0 Å². The van der Waals surface area contributed by atoms with Crippen molar-refractivity contribution in [3.05, 3.63) is 23.8 Å². The number of anilines is 1. The van der Waals surface area contributed by atoms with Crippen LogP contribution in [-0.4, -0.2) is 54.2 Å². The zero-order valence-corrected chi connectivity index (χ0v) is 14.1. The Morgan fingerprint density at radius 3 is 2.62 bits per heavy atom. The van der Waals surface area contributed by atoms with Crippen molar-refractivity contribution >= 4 is 17.3 Å². The summed E-state index contributed by atoms with van der Waals surface area (Å²) in [6.07, 6.45) is 2.37. The molecular formula is C17H25N3O4. The number of hydrogen-bond donors (Lipinski definition) is 4. The van der Waals surface area contributed by atoms with Gasteiger partial charge in [-0.25, -0.2) is 0 Å². The summed E-state index contributed by atoms with van der Waals surface area (Å²) in [5.74, 6) is 0.727. The van der Waals surface area contributed by atoms with Crippen LogP contribution in [0, 0.1) is 5.92 Å². The SMILES string of the molecule is CN=C(C(=O)NC(C)(CO)CO)c1cc(OCC2CC2)ccc1N. The van der Waals surface area contributed by atoms with Crippen LogP contribution < -0.4 is 15.8 Å². The molecule has 1 aromatic rings. The van der Waals surface area contributed by atoms with Crippen LogP contribution in [0.25, 0.3) is 0 Å². The zero-order valence-electron chi connectivity index (χ0n) is 14.1. The quantitative estimate of drug-likeness (QED) is 0.404. The third-order valence-corrected chi connectivity index (χ3v) is 4.01. The van der Waals surface area contributed by atoms with Crippen LogP contribution in [0.5, 0.6) is 5.75 Å². The molecule has 0 radical (unpaired) electrons. The number of aliphatic hydroxyl groups excluding tert-OH is 2. The number of nitrogens with zero attached hydrogens (tertiary/aromatic N) is 1. The van der Waals surface area contributed by atoms with E-state index in [2.05, 4.69) is 10.3 Å². The van der Waals surface area contributed by atoms with Crippen LogP contribution in [-0.2, 0) is 4.79 Å². The molecule has 1 aliphatic carbocycles. The van der Waals surface area contributed by atoms with E-state index < -0.39 is 24.7 Å². The molecule has 0 bridgehead atoms. The van der Waals surface area contributed by atoms with Gasteiger partial charge in [0, 0.05) is 18.3 Å². The van der Waals surface area contributed by atoms with Crippen LogP contribution in [0.2, 0.25) is 0 Å². The number of nitrogen functional groups attached to an aromatic ring is 1. The Morgan fingerprint density at radius 2 is 2.08 bits per heavy atom. The summed E-state index contributed by atoms with van der Waals surface area (Å²) in [6.45, 7) is 1.40. The smallest absolute Gasteiger partial charge is 0.270 e. The number of aliphatic imine (C=N–C) groups is 1. The molecule has 1 aromatic carbocycles. The number of amides is 1. The molecule has 1 fully saturated rings. The predicted molar refractivity (Wildman–Crippen MR) is 92.3 cm³/mol. The number of rotatable bonds is 8. The summed E-state index contributed by atoms with van der Waals surface area (Å²) in [4.78, 5) is 16.5. The highest BCUT2D eigenvalue weighted by Gasteiger charge is 2.28. The predicted octanol–water partition coefficient (Wildman–Crippen LogP) is 0.336. The molecule has 2 rings (SSSR count). The first-order valence-electron chi connectivity index (χ1n) is 7.96. The molecule has 24 heavy (non-hydrogen) atoms. The van der Waals surface area contributed by atoms with Gasteiger partial charge < -0.3 is 26.0 Å². The number of hydrogen-bond acceptors (Lipinski definition) is 6. The molecular weight excluding hydrogens is 310 g/mol. The molecule has 7 heteroatoms. The molecule has 132 valence electrons. The lowest BCUT2D eigenvalue weighted by molar-refractivity contribution is -0.117. The Morgan fingerprint density at radius 1 is 1.42 bits per heavy atom. The van der Waals surface area contributed by atoms with Crippen molar-refractivity contribution in [3.63, 3.8) is 0 Å². The van der Waals surface area contributed by atoms with Gasteiger partial charge in [0.15, 0.2) is 0 Å². The van der Waals surface area contributed by atoms with Crippen molar-refractivity contribution in [2.75, 3.05) is 32.6 Å². The lowest BCUT2D eigenvalue weighted by atomic mass is 10.0. The summed E-state index contributed by atoms with van der Waals surface area (Å²) in [5, 5.41) is 21.2. The second-order valence-electron chi connectivity index (χ2n) is 6.41. The summed E-state index contributed by atoms with van der Waals surface area (Å²) in [7, 11) is 1.49. The van der Waals surface area contributed by atoms with Crippen LogP contribution in [0.1, 0.15) is 25.3 Å². The highest BCUT2D eigenvalue weighted by atomic mass is 16.5. The van der Waals surface area contributed by atoms with E-state index in [1.54, 1.807) is 18.2 Å². The van der Waals surface area contributed by atoms with Gasteiger partial charge in [-0.2, -0.15) is 0 Å². The molecule has 7 nitrogen and oxygen atoms in total. The van der Waals surface area contributed by atoms with Gasteiger partial charge in [0.25, 0.3) is 5.91 Å². The van der Waals surface area contributed by atoms with Crippen molar-refractivity contribution in [1.82, 2.24) is 5.32 Å². The van der Waals surface area contributed by atoms with Crippen LogP contribution >= 0.6 is 0 Å². The molecule has 1 aliphatic rings. The second-order valence-corrected chi connectivity index (χ2v) is 6.41. The number of nitrogens with two attached hydrogens (primary N) is 1. The highest BCUT2D eigenvalue weighted by Crippen LogP contribution is 2.30. The molecule has 0 atom stereocenters. The summed E-state index contributed by atoms with van der Waals surface area (Å²) in [5.41, 5.74) is 5.83. The Labute approximate surface area is 141 Å². The first-order valence-corrected chi connectivity index (χ1v) is 7.96. The lowest BCUT2D eigenvalue weighted by Gasteiger charge is -2.26. The summed E-state index contributed by atoms with van der Waals surface area (Å²) in [6, 6.07) is 5.13. The van der Waals surface area contributed by atoms with Crippen molar-refractivity contribution in [2.45, 2.75) is 25.3 Å². The summed E-state index contributed by atoms with van der Waals surface area (Å²) >= 11 is 0. The first kappa shape index (κ1) is 18.2. The Balaban J connectivity index is 2.19. The number of ether oxygens (including phenoxy) is 1. The second kappa shape index (κ2) is 7.63. The van der Waals surface area contributed by atoms with Gasteiger partial charge in [-0.15, -0.1) is 0 Å². The highest BCUT2D eigenvalue weighted by molar-refractivity contribution is 6.46. The van der Waals surface area contributed by atoms with Gasteiger partial charge in [-0.1, -0.05) is 0 Å². The molecule has 0 aliphatic heterocycles. The van der Waals surface area contributed by atoms with Crippen molar-refractivity contribution < 1.29 is 19.7 Å². The molecule has 0 unspecified atom stereocenters. The standard InChI is InChI=1S/C17H25N3O4/c1-17(9-21,10-22)20-16(23)15(19-2)13-7-12(5-6-14(13)18)24-8-11-3-4-11/h5-7,11,21-22H,3-4,8-10,18H2,1-2H3,(H,20,23). The van der Waals surface area contributed by atoms with Gasteiger partial charge in [0.2, 0.25) is 0 Å². The van der Waals surface area contributed by atoms with Crippen LogP contribution in [0.3, 0.4) is 0 Å². The largest absolute Gasteiger partial charge is 0.493 e. The maximum atomic E-state index is 12.5. The molecule has 1 saturated carbocycles. The Hall–Kier alpha value is -2.12. The monoisotopic (exact) mass is 335 g/mol. The molecule has 1 amide bonds. The number of nitrogens with one attached hydrogen (secondary N) is 1. The minimum absolute atomic E-state index is 0.123. The van der Waals surface area contributed by atoms with Crippen molar-refractivity contribution in [1.29, 1.82) is 0 Å². The molecule has 0 spiro atoms. The molecule has 0 saturated heterocycles. The normalized spacial score (nSPS) is 15.2. The summed E-state index contributed by atoms with van der Waals surface area (Å²) < 4.78 is 5.72. The topological polar surface area (TPSA) is 117 Å². The van der Waals surface area contributed by atoms with E-state index in [1.165, 1.54) is 26.8 Å². The van der Waals surface area contributed by atoms with Crippen molar-refractivity contribution in [2.24, 2.45) is 10.9 Å². The van der Waals surface area contributed by atoms with Gasteiger partial charge in [-0.3, -0.25) is 9.79 Å². The minimum atomic E-state index is -1.14. The van der Waals surface area contributed by atoms with Crippen molar-refractivity contribution in [3.8, 4) is 5.75 Å². The van der Waals surface area contributed by atoms with Gasteiger partial charge in [-0.05, 0) is 43.9 Å². The number of carbonyl (C=O) groups excluding carboxylic acids is 1. The third-order valence-electron chi connectivity index (χ3n) is 4.01. The van der Waals surface area contributed by atoms with E-state index >= 15 is 0 Å². The minimum Gasteiger partial charge on any atom is -0.493 e. The van der Waals surface area contributed by atoms with E-state index in [1.807, 2.05) is 0 Å². The fraction of sp³-hybridized carbons (Fsp3) is 0.529. The van der Waals surface area contributed by atoms with Gasteiger partial charge in [0.05, 0.1) is 25.4 Å². The number of aliphatic hydroxyl groups is 2. The van der Waals surface area contributed by atoms with E-state index in [0.29, 0.717) is 29.5 Å². The van der Waals surface area contributed by atoms with Crippen LogP contribution in [0.4, 0.5) is 5.69 Å². The molecule has 0 heterocycles. The number of benzene rings is 1. The Kier molecular flexibility index (Phi) is 5.80. The van der Waals surface area contributed by atoms with E-state index in [4.69, 9.17) is 10.5 Å². The third kappa shape index (κ3) is 4.46. The molecule has 0 aromatic heterocycles. The van der Waals surface area contributed by atoms with E-state index in [-0.39, 0.29) is 5.71 Å². The fourth-order valence-corrected chi connectivity index (χ4v) is 2.14. The average molecular weight is 335 g/mol. The van der Waals surface area contributed by atoms with Gasteiger partial charge in [0.1, 0.15) is 11.5 Å². The fourth-order valence-electron chi connectivity index (χ4n) is 2.14. The van der Waals surface area contributed by atoms with E-state index in [0.717, 1.165) is 0 Å². The maximum absolute atomic E-state index is 12.5. The Bertz CT molecular complexity index is 622. The average Bonchev–Trinajstić information content (AvgIpc) is 3.40. The zero-order chi connectivity index (χ0) is 17.7. The van der Waals surface area contributed by atoms with Gasteiger partial charge >= 0.3 is 0 Å². The maximum Gasteiger partial charge on any atom is 0.270 e. The lowest BCUT2D eigenvalue weighted by Crippen LogP contribution is -2.53. The first-order chi connectivity index (χ1) is 11.4. The molecule has 5 N–H and O–H groups in total. The number of carbonyl (C=O) groups is 1.